The quantitative estimate of drug-likeness (QED) is 0.157. The van der Waals surface area contributed by atoms with Crippen molar-refractivity contribution in [3.63, 3.8) is 0 Å². The fourth-order valence-electron chi connectivity index (χ4n) is 5.30. The predicted molar refractivity (Wildman–Crippen MR) is 187 cm³/mol. The molecule has 1 heterocycles. The van der Waals surface area contributed by atoms with E-state index in [9.17, 15) is 34.3 Å². The van der Waals surface area contributed by atoms with Crippen LogP contribution in [-0.4, -0.2) is 93.8 Å². The number of aliphatic hydroxyl groups is 3. The van der Waals surface area contributed by atoms with Crippen LogP contribution in [0.3, 0.4) is 0 Å². The molecule has 49 heavy (non-hydrogen) atoms. The molecule has 1 aliphatic rings. The molecule has 1 aliphatic heterocycles. The molecule has 0 aromatic heterocycles. The summed E-state index contributed by atoms with van der Waals surface area (Å²) >= 11 is 5.04. The summed E-state index contributed by atoms with van der Waals surface area (Å²) in [5.74, 6) is -2.17. The van der Waals surface area contributed by atoms with Gasteiger partial charge in [0.05, 0.1) is 35.9 Å². The topological polar surface area (TPSA) is 190 Å². The van der Waals surface area contributed by atoms with E-state index >= 15 is 0 Å². The summed E-state index contributed by atoms with van der Waals surface area (Å²) in [7, 11) is 1.49. The molecule has 0 aliphatic carbocycles. The van der Waals surface area contributed by atoms with Crippen molar-refractivity contribution in [2.75, 3.05) is 25.7 Å². The largest absolute Gasteiger partial charge is 0.617 e. The molecule has 12 nitrogen and oxygen atoms in total. The van der Waals surface area contributed by atoms with Gasteiger partial charge in [0.25, 0.3) is 0 Å². The summed E-state index contributed by atoms with van der Waals surface area (Å²) < 4.78 is 23.1. The Morgan fingerprint density at radius 3 is 2.45 bits per heavy atom. The smallest absolute Gasteiger partial charge is 0.329 e. The van der Waals surface area contributed by atoms with Gasteiger partial charge in [-0.3, -0.25) is 14.9 Å². The van der Waals surface area contributed by atoms with Crippen LogP contribution in [-0.2, 0) is 36.7 Å². The second kappa shape index (κ2) is 18.7. The van der Waals surface area contributed by atoms with E-state index in [1.807, 2.05) is 0 Å². The van der Waals surface area contributed by atoms with Gasteiger partial charge in [-0.15, -0.1) is 0 Å². The lowest BCUT2D eigenvalue weighted by Gasteiger charge is -2.33. The van der Waals surface area contributed by atoms with Crippen LogP contribution in [0.5, 0.6) is 5.75 Å². The van der Waals surface area contributed by atoms with Gasteiger partial charge in [0.2, 0.25) is 11.8 Å². The molecule has 0 radical (unpaired) electrons. The highest BCUT2D eigenvalue weighted by Crippen LogP contribution is 2.28. The van der Waals surface area contributed by atoms with Gasteiger partial charge in [-0.2, -0.15) is 0 Å². The number of amides is 2. The number of hydrogen-bond donors (Lipinski definition) is 6. The molecule has 0 saturated heterocycles. The van der Waals surface area contributed by atoms with Crippen LogP contribution in [0.2, 0.25) is 5.02 Å². The molecule has 14 heteroatoms. The summed E-state index contributed by atoms with van der Waals surface area (Å²) in [5.41, 5.74) is 0.00314. The highest BCUT2D eigenvalue weighted by molar-refractivity contribution is 7.90. The number of cyclic esters (lactones) is 1. The number of aliphatic hydroxyl groups excluding tert-OH is 3. The van der Waals surface area contributed by atoms with E-state index in [2.05, 4.69) is 16.0 Å². The van der Waals surface area contributed by atoms with Crippen LogP contribution in [0.15, 0.2) is 60.7 Å². The van der Waals surface area contributed by atoms with Gasteiger partial charge >= 0.3 is 5.97 Å². The highest BCUT2D eigenvalue weighted by Gasteiger charge is 2.37. The predicted octanol–water partition coefficient (Wildman–Crippen LogP) is 2.17. The molecule has 2 unspecified atom stereocenters. The van der Waals surface area contributed by atoms with Crippen molar-refractivity contribution in [2.24, 2.45) is 11.3 Å². The van der Waals surface area contributed by atoms with E-state index in [4.69, 9.17) is 21.1 Å². The minimum Gasteiger partial charge on any atom is -0.617 e. The fourth-order valence-corrected chi connectivity index (χ4v) is 6.15. The van der Waals surface area contributed by atoms with Crippen molar-refractivity contribution in [3.05, 3.63) is 76.8 Å². The van der Waals surface area contributed by atoms with Crippen LogP contribution in [0, 0.1) is 11.3 Å². The van der Waals surface area contributed by atoms with E-state index in [1.165, 1.54) is 25.5 Å². The van der Waals surface area contributed by atoms with Gasteiger partial charge in [-0.05, 0) is 49.6 Å². The summed E-state index contributed by atoms with van der Waals surface area (Å²) in [5, 5.41) is 42.1. The Labute approximate surface area is 295 Å². The first-order chi connectivity index (χ1) is 23.1. The third-order valence-electron chi connectivity index (χ3n) is 8.53. The zero-order chi connectivity index (χ0) is 36.3. The second-order valence-electron chi connectivity index (χ2n) is 12.9. The first-order valence-electron chi connectivity index (χ1n) is 16.1. The van der Waals surface area contributed by atoms with Gasteiger partial charge in [0.1, 0.15) is 36.0 Å². The number of carbonyl (C=O) groups excluding carboxylic acids is 3. The van der Waals surface area contributed by atoms with Gasteiger partial charge in [0, 0.05) is 25.3 Å². The van der Waals surface area contributed by atoms with Crippen LogP contribution >= 0.6 is 11.6 Å². The average Bonchev–Trinajstić information content (AvgIpc) is 3.07. The molecule has 3 rings (SSSR count). The molecule has 2 amide bonds. The van der Waals surface area contributed by atoms with E-state index in [-0.39, 0.29) is 31.6 Å². The number of nitrogens with one attached hydrogen (secondary N) is 3. The first-order valence-corrected chi connectivity index (χ1v) is 18.2. The zero-order valence-corrected chi connectivity index (χ0v) is 30.0. The molecular weight excluding hydrogens is 674 g/mol. The molecular formula is C35H48ClN3O9S. The summed E-state index contributed by atoms with van der Waals surface area (Å²) in [6, 6.07) is 11.6. The maximum absolute atomic E-state index is 13.6. The van der Waals surface area contributed by atoms with Crippen molar-refractivity contribution < 1.29 is 43.7 Å². The minimum atomic E-state index is -1.37. The van der Waals surface area contributed by atoms with Gasteiger partial charge in [0.15, 0.2) is 0 Å². The molecule has 2 aromatic rings. The lowest BCUT2D eigenvalue weighted by Crippen LogP contribution is -2.56. The molecule has 0 fully saturated rings. The van der Waals surface area contributed by atoms with Crippen molar-refractivity contribution in [2.45, 2.75) is 76.7 Å². The fraction of sp³-hybridized carbons (Fsp3) is 0.514. The maximum Gasteiger partial charge on any atom is 0.329 e. The SMILES string of the molecule is COc1ccc(C[C@H]2NC(=O)/C=C/C[C@@H]([C@H](C)[C@@H](O)[C@H](O)c3ccccc3)OC(=O)[C@H](CC[S+](C)[O-])NC(=O)C(C)(C)CNC2O)cc1Cl. The monoisotopic (exact) mass is 721 g/mol. The third-order valence-corrected chi connectivity index (χ3v) is 9.63. The minimum absolute atomic E-state index is 0.0147. The summed E-state index contributed by atoms with van der Waals surface area (Å²) in [4.78, 5) is 40.3. The third kappa shape index (κ3) is 12.0. The second-order valence-corrected chi connectivity index (χ2v) is 14.9. The van der Waals surface area contributed by atoms with Crippen LogP contribution in [0.25, 0.3) is 0 Å². The standard InChI is InChI=1S/C35H48ClN3O9S/c1-21(30(41)31(42)23-10-7-6-8-11-23)27-12-9-13-29(40)38-26(19-22-14-15-28(47-4)24(36)18-22)32(43)37-20-35(2,3)34(45)39-25(33(44)48-27)16-17-49(5)46/h6-11,13-15,18,21,25-27,30-32,37,41-43H,12,16-17,19-20H2,1-5H3,(H,38,40)(H,39,45)/b13-9+/t21-,25-,26+,27-,30+,31+,32?,49?/m0/s1. The Bertz CT molecular complexity index is 1430. The van der Waals surface area contributed by atoms with Crippen LogP contribution in [0.4, 0.5) is 0 Å². The molecule has 270 valence electrons. The summed E-state index contributed by atoms with van der Waals surface area (Å²) in [6.45, 7) is 4.81. The van der Waals surface area contributed by atoms with Crippen molar-refractivity contribution in [1.82, 2.24) is 16.0 Å². The Kier molecular flexibility index (Phi) is 15.4. The Balaban J connectivity index is 1.96. The molecule has 0 spiro atoms. The van der Waals surface area contributed by atoms with E-state index in [0.29, 0.717) is 21.9 Å². The molecule has 2 aromatic carbocycles. The number of hydrogen-bond acceptors (Lipinski definition) is 10. The maximum atomic E-state index is 13.6. The molecule has 0 saturated carbocycles. The number of esters is 1. The van der Waals surface area contributed by atoms with Crippen LogP contribution < -0.4 is 20.7 Å². The number of halogens is 1. The van der Waals surface area contributed by atoms with Crippen LogP contribution in [0.1, 0.15) is 50.8 Å². The first kappa shape index (κ1) is 40.3. The Morgan fingerprint density at radius 2 is 1.82 bits per heavy atom. The molecule has 8 atom stereocenters. The summed E-state index contributed by atoms with van der Waals surface area (Å²) in [6.07, 6.45) is -0.680. The number of methoxy groups -OCH3 is 1. The van der Waals surface area contributed by atoms with E-state index in [0.717, 1.165) is 0 Å². The lowest BCUT2D eigenvalue weighted by atomic mass is 9.89. The van der Waals surface area contributed by atoms with E-state index in [1.54, 1.807) is 69.3 Å². The normalized spacial score (nSPS) is 25.6. The number of rotatable bonds is 10. The van der Waals surface area contributed by atoms with Crippen molar-refractivity contribution in [1.29, 1.82) is 0 Å². The zero-order valence-electron chi connectivity index (χ0n) is 28.4. The Morgan fingerprint density at radius 1 is 1.12 bits per heavy atom. The average molecular weight is 722 g/mol. The van der Waals surface area contributed by atoms with Crippen molar-refractivity contribution in [3.8, 4) is 5.75 Å². The van der Waals surface area contributed by atoms with Gasteiger partial charge < -0.3 is 40.0 Å². The number of ether oxygens (including phenoxy) is 2. The lowest BCUT2D eigenvalue weighted by molar-refractivity contribution is -0.160. The van der Waals surface area contributed by atoms with Crippen molar-refractivity contribution >= 4 is 40.6 Å². The highest BCUT2D eigenvalue weighted by atomic mass is 35.5. The molecule has 0 bridgehead atoms. The van der Waals surface area contributed by atoms with E-state index < -0.39 is 76.9 Å². The van der Waals surface area contributed by atoms with Gasteiger partial charge in [-0.25, -0.2) is 4.79 Å². The van der Waals surface area contributed by atoms with Gasteiger partial charge in [-0.1, -0.05) is 72.2 Å². The number of benzene rings is 2. The number of carbonyl (C=O) groups is 3. The molecule has 6 N–H and O–H groups in total. The Hall–Kier alpha value is -3.17.